The molecule has 1 aromatic carbocycles. The van der Waals surface area contributed by atoms with Crippen LogP contribution < -0.4 is 4.90 Å². The minimum absolute atomic E-state index is 0.0172. The lowest BCUT2D eigenvalue weighted by Gasteiger charge is -2.29. The molecule has 3 heterocycles. The first kappa shape index (κ1) is 15.7. The predicted octanol–water partition coefficient (Wildman–Crippen LogP) is 4.18. The molecule has 0 bridgehead atoms. The van der Waals surface area contributed by atoms with Gasteiger partial charge >= 0.3 is 0 Å². The first-order valence-electron chi connectivity index (χ1n) is 7.84. The van der Waals surface area contributed by atoms with Gasteiger partial charge in [-0.25, -0.2) is 15.0 Å². The molecule has 4 rings (SSSR count). The summed E-state index contributed by atoms with van der Waals surface area (Å²) in [5.74, 6) is 1.48. The Hall–Kier alpha value is -2.80. The van der Waals surface area contributed by atoms with Gasteiger partial charge in [-0.15, -0.1) is 0 Å². The van der Waals surface area contributed by atoms with Crippen molar-refractivity contribution in [3.8, 4) is 0 Å². The number of rotatable bonds is 4. The Balaban J connectivity index is 1.92. The van der Waals surface area contributed by atoms with E-state index in [0.717, 1.165) is 21.6 Å². The second kappa shape index (κ2) is 6.60. The zero-order valence-corrected chi connectivity index (χ0v) is 15.1. The molecule has 124 valence electrons. The Morgan fingerprint density at radius 2 is 1.72 bits per heavy atom. The Labute approximate surface area is 153 Å². The summed E-state index contributed by atoms with van der Waals surface area (Å²) in [6.45, 7) is 2.13. The van der Waals surface area contributed by atoms with Crippen molar-refractivity contribution in [1.29, 1.82) is 0 Å². The summed E-state index contributed by atoms with van der Waals surface area (Å²) in [6, 6.07) is 12.1. The van der Waals surface area contributed by atoms with E-state index < -0.39 is 0 Å². The lowest BCUT2D eigenvalue weighted by molar-refractivity contribution is 0.733. The van der Waals surface area contributed by atoms with Crippen LogP contribution in [0.5, 0.6) is 0 Å². The molecule has 0 aliphatic rings. The standard InChI is InChI=1S/C18H15BrN6/c1-13(14-6-3-2-4-7-14)24(18-21-8-5-9-22-18)17-12-23-16-11-20-10-15(19)25(16)17/h2-13H,1H3/t13-/m0/s1. The number of hydrogen-bond acceptors (Lipinski definition) is 5. The van der Waals surface area contributed by atoms with Crippen LogP contribution in [0.2, 0.25) is 0 Å². The average Bonchev–Trinajstić information content (AvgIpc) is 3.09. The maximum atomic E-state index is 4.48. The molecule has 4 aromatic rings. The van der Waals surface area contributed by atoms with Crippen LogP contribution in [0.1, 0.15) is 18.5 Å². The molecular weight excluding hydrogens is 380 g/mol. The molecule has 0 aliphatic carbocycles. The molecule has 0 fully saturated rings. The highest BCUT2D eigenvalue weighted by Gasteiger charge is 2.24. The van der Waals surface area contributed by atoms with Gasteiger partial charge < -0.3 is 0 Å². The maximum absolute atomic E-state index is 4.48. The van der Waals surface area contributed by atoms with Crippen molar-refractivity contribution in [2.45, 2.75) is 13.0 Å². The van der Waals surface area contributed by atoms with E-state index in [9.17, 15) is 0 Å². The van der Waals surface area contributed by atoms with Crippen LogP contribution >= 0.6 is 15.9 Å². The largest absolute Gasteiger partial charge is 0.287 e. The van der Waals surface area contributed by atoms with Gasteiger partial charge in [0.1, 0.15) is 10.4 Å². The third-order valence-corrected chi connectivity index (χ3v) is 4.60. The zero-order chi connectivity index (χ0) is 17.2. The fourth-order valence-electron chi connectivity index (χ4n) is 2.83. The van der Waals surface area contributed by atoms with Crippen molar-refractivity contribution in [2.24, 2.45) is 0 Å². The Morgan fingerprint density at radius 1 is 0.960 bits per heavy atom. The molecule has 0 unspecified atom stereocenters. The summed E-state index contributed by atoms with van der Waals surface area (Å²) in [5, 5.41) is 0. The third kappa shape index (κ3) is 2.87. The number of benzene rings is 1. The van der Waals surface area contributed by atoms with Crippen molar-refractivity contribution in [2.75, 3.05) is 4.90 Å². The van der Waals surface area contributed by atoms with Gasteiger partial charge in [0.2, 0.25) is 5.95 Å². The van der Waals surface area contributed by atoms with Crippen LogP contribution in [-0.2, 0) is 0 Å². The summed E-state index contributed by atoms with van der Waals surface area (Å²) in [5.41, 5.74) is 1.92. The highest BCUT2D eigenvalue weighted by atomic mass is 79.9. The lowest BCUT2D eigenvalue weighted by atomic mass is 10.1. The van der Waals surface area contributed by atoms with Crippen molar-refractivity contribution < 1.29 is 0 Å². The highest BCUT2D eigenvalue weighted by molar-refractivity contribution is 9.10. The molecule has 1 atom stereocenters. The summed E-state index contributed by atoms with van der Waals surface area (Å²) in [6.07, 6.45) is 8.78. The Bertz CT molecular complexity index is 986. The van der Waals surface area contributed by atoms with E-state index in [1.807, 2.05) is 34.9 Å². The lowest BCUT2D eigenvalue weighted by Crippen LogP contribution is -2.24. The van der Waals surface area contributed by atoms with E-state index >= 15 is 0 Å². The first-order valence-corrected chi connectivity index (χ1v) is 8.63. The van der Waals surface area contributed by atoms with Crippen LogP contribution in [0.3, 0.4) is 0 Å². The van der Waals surface area contributed by atoms with Gasteiger partial charge in [0.15, 0.2) is 5.65 Å². The fraction of sp³-hybridized carbons (Fsp3) is 0.111. The number of nitrogens with zero attached hydrogens (tertiary/aromatic N) is 6. The van der Waals surface area contributed by atoms with Crippen LogP contribution in [0.15, 0.2) is 72.0 Å². The van der Waals surface area contributed by atoms with Gasteiger partial charge in [0.25, 0.3) is 0 Å². The summed E-state index contributed by atoms with van der Waals surface area (Å²) < 4.78 is 2.81. The van der Waals surface area contributed by atoms with E-state index in [1.54, 1.807) is 24.8 Å². The summed E-state index contributed by atoms with van der Waals surface area (Å²) in [4.78, 5) is 19.6. The Kier molecular flexibility index (Phi) is 4.15. The summed E-state index contributed by atoms with van der Waals surface area (Å²) >= 11 is 3.57. The number of aromatic nitrogens is 5. The molecular formula is C18H15BrN6. The SMILES string of the molecule is C[C@@H](c1ccccc1)N(c1ncccn1)c1cnc2cncc(Br)n12. The van der Waals surface area contributed by atoms with Crippen molar-refractivity contribution in [3.63, 3.8) is 0 Å². The van der Waals surface area contributed by atoms with Crippen molar-refractivity contribution >= 4 is 33.3 Å². The minimum atomic E-state index is 0.0172. The molecule has 6 nitrogen and oxygen atoms in total. The molecule has 0 spiro atoms. The quantitative estimate of drug-likeness (QED) is 0.519. The van der Waals surface area contributed by atoms with Crippen LogP contribution in [0, 0.1) is 0 Å². The highest BCUT2D eigenvalue weighted by Crippen LogP contribution is 2.34. The maximum Gasteiger partial charge on any atom is 0.231 e. The predicted molar refractivity (Wildman–Crippen MR) is 99.7 cm³/mol. The molecule has 0 saturated heterocycles. The zero-order valence-electron chi connectivity index (χ0n) is 13.5. The van der Waals surface area contributed by atoms with Gasteiger partial charge in [-0.2, -0.15) is 0 Å². The van der Waals surface area contributed by atoms with E-state index in [0.29, 0.717) is 5.95 Å². The average molecular weight is 395 g/mol. The van der Waals surface area contributed by atoms with E-state index in [4.69, 9.17) is 0 Å². The van der Waals surface area contributed by atoms with E-state index in [2.05, 4.69) is 59.8 Å². The Morgan fingerprint density at radius 3 is 2.48 bits per heavy atom. The molecule has 0 aliphatic heterocycles. The molecule has 3 aromatic heterocycles. The number of fused-ring (bicyclic) bond motifs is 1. The molecule has 0 saturated carbocycles. The molecule has 7 heteroatoms. The van der Waals surface area contributed by atoms with Crippen molar-refractivity contribution in [1.82, 2.24) is 24.3 Å². The first-order chi connectivity index (χ1) is 12.3. The van der Waals surface area contributed by atoms with Gasteiger partial charge in [0, 0.05) is 12.4 Å². The minimum Gasteiger partial charge on any atom is -0.287 e. The van der Waals surface area contributed by atoms with Gasteiger partial charge in [-0.05, 0) is 34.5 Å². The number of anilines is 2. The van der Waals surface area contributed by atoms with Gasteiger partial charge in [0.05, 0.1) is 24.6 Å². The third-order valence-electron chi connectivity index (χ3n) is 4.04. The molecule has 25 heavy (non-hydrogen) atoms. The van der Waals surface area contributed by atoms with Crippen LogP contribution in [-0.4, -0.2) is 24.3 Å². The second-order valence-corrected chi connectivity index (χ2v) is 6.36. The molecule has 0 amide bonds. The normalized spacial score (nSPS) is 12.2. The second-order valence-electron chi connectivity index (χ2n) is 5.55. The molecule has 0 radical (unpaired) electrons. The summed E-state index contributed by atoms with van der Waals surface area (Å²) in [7, 11) is 0. The topological polar surface area (TPSA) is 59.2 Å². The van der Waals surface area contributed by atoms with Crippen LogP contribution in [0.4, 0.5) is 11.8 Å². The van der Waals surface area contributed by atoms with E-state index in [-0.39, 0.29) is 6.04 Å². The monoisotopic (exact) mass is 394 g/mol. The number of halogens is 1. The number of hydrogen-bond donors (Lipinski definition) is 0. The van der Waals surface area contributed by atoms with E-state index in [1.165, 1.54) is 0 Å². The van der Waals surface area contributed by atoms with Crippen LogP contribution in [0.25, 0.3) is 5.65 Å². The van der Waals surface area contributed by atoms with Gasteiger partial charge in [-0.3, -0.25) is 14.3 Å². The fourth-order valence-corrected chi connectivity index (χ4v) is 3.31. The smallest absolute Gasteiger partial charge is 0.231 e. The number of imidazole rings is 1. The van der Waals surface area contributed by atoms with Crippen molar-refractivity contribution in [3.05, 3.63) is 77.5 Å². The van der Waals surface area contributed by atoms with Gasteiger partial charge in [-0.1, -0.05) is 30.3 Å². The molecule has 0 N–H and O–H groups in total.